The van der Waals surface area contributed by atoms with E-state index in [9.17, 15) is 14.4 Å². The number of hydrogen-bond acceptors (Lipinski definition) is 3. The minimum absolute atomic E-state index is 0.250. The lowest BCUT2D eigenvalue weighted by atomic mass is 10.0. The molecule has 0 unspecified atom stereocenters. The molecular formula is C14H27N3O3. The highest BCUT2D eigenvalue weighted by molar-refractivity contribution is 5.91. The molecule has 0 radical (unpaired) electrons. The van der Waals surface area contributed by atoms with Crippen LogP contribution in [0.4, 0.5) is 0 Å². The van der Waals surface area contributed by atoms with E-state index in [0.29, 0.717) is 12.8 Å². The molecule has 0 saturated carbocycles. The van der Waals surface area contributed by atoms with Gasteiger partial charge in [-0.2, -0.15) is 0 Å². The van der Waals surface area contributed by atoms with E-state index in [-0.39, 0.29) is 17.7 Å². The summed E-state index contributed by atoms with van der Waals surface area (Å²) in [5, 5.41) is 5.24. The number of carbonyl (C=O) groups is 3. The van der Waals surface area contributed by atoms with Crippen molar-refractivity contribution in [2.45, 2.75) is 65.5 Å². The first-order valence-electron chi connectivity index (χ1n) is 7.14. The van der Waals surface area contributed by atoms with Crippen molar-refractivity contribution in [1.29, 1.82) is 0 Å². The molecule has 0 heterocycles. The number of unbranched alkanes of at least 4 members (excludes halogenated alkanes) is 1. The Labute approximate surface area is 120 Å². The molecule has 0 rings (SSSR count). The fraction of sp³-hybridized carbons (Fsp3) is 0.786. The highest BCUT2D eigenvalue weighted by Crippen LogP contribution is 2.07. The van der Waals surface area contributed by atoms with Gasteiger partial charge in [0.2, 0.25) is 17.7 Å². The second-order valence-electron chi connectivity index (χ2n) is 5.49. The van der Waals surface area contributed by atoms with Gasteiger partial charge in [-0.3, -0.25) is 14.4 Å². The minimum Gasteiger partial charge on any atom is -0.368 e. The highest BCUT2D eigenvalue weighted by atomic mass is 16.2. The summed E-state index contributed by atoms with van der Waals surface area (Å²) in [5.74, 6) is -0.915. The third kappa shape index (κ3) is 7.76. The normalized spacial score (nSPS) is 13.7. The molecule has 0 aliphatic rings. The molecule has 0 spiro atoms. The molecule has 0 aliphatic heterocycles. The van der Waals surface area contributed by atoms with Crippen LogP contribution in [-0.4, -0.2) is 29.8 Å². The van der Waals surface area contributed by atoms with Gasteiger partial charge in [-0.05, 0) is 18.8 Å². The van der Waals surface area contributed by atoms with Crippen LogP contribution in [0.25, 0.3) is 0 Å². The van der Waals surface area contributed by atoms with Crippen LogP contribution in [0.5, 0.6) is 0 Å². The molecule has 116 valence electrons. The number of amides is 3. The topological polar surface area (TPSA) is 101 Å². The van der Waals surface area contributed by atoms with E-state index in [4.69, 9.17) is 5.73 Å². The summed E-state index contributed by atoms with van der Waals surface area (Å²) >= 11 is 0. The van der Waals surface area contributed by atoms with E-state index in [0.717, 1.165) is 12.8 Å². The lowest BCUT2D eigenvalue weighted by Crippen LogP contribution is -2.53. The number of carbonyl (C=O) groups excluding carboxylic acids is 3. The Hall–Kier alpha value is -1.59. The van der Waals surface area contributed by atoms with Crippen molar-refractivity contribution in [3.63, 3.8) is 0 Å². The number of primary amides is 1. The number of rotatable bonds is 9. The van der Waals surface area contributed by atoms with Crippen LogP contribution >= 0.6 is 0 Å². The molecule has 20 heavy (non-hydrogen) atoms. The van der Waals surface area contributed by atoms with Crippen molar-refractivity contribution in [1.82, 2.24) is 10.6 Å². The van der Waals surface area contributed by atoms with Crippen LogP contribution in [0.3, 0.4) is 0 Å². The molecule has 0 aromatic rings. The number of nitrogens with two attached hydrogens (primary N) is 1. The van der Waals surface area contributed by atoms with E-state index < -0.39 is 18.0 Å². The Kier molecular flexibility index (Phi) is 8.59. The fourth-order valence-corrected chi connectivity index (χ4v) is 1.91. The molecule has 6 heteroatoms. The summed E-state index contributed by atoms with van der Waals surface area (Å²) < 4.78 is 0. The van der Waals surface area contributed by atoms with Gasteiger partial charge in [0.15, 0.2) is 0 Å². The Morgan fingerprint density at radius 1 is 1.10 bits per heavy atom. The first-order valence-corrected chi connectivity index (χ1v) is 7.14. The molecule has 0 aromatic heterocycles. The van der Waals surface area contributed by atoms with Crippen molar-refractivity contribution >= 4 is 17.7 Å². The molecule has 0 aromatic carbocycles. The largest absolute Gasteiger partial charge is 0.368 e. The van der Waals surface area contributed by atoms with E-state index in [1.807, 2.05) is 20.8 Å². The molecule has 3 amide bonds. The van der Waals surface area contributed by atoms with Crippen LogP contribution in [0, 0.1) is 5.92 Å². The van der Waals surface area contributed by atoms with Crippen molar-refractivity contribution in [2.24, 2.45) is 11.7 Å². The van der Waals surface area contributed by atoms with Crippen LogP contribution in [0.1, 0.15) is 53.4 Å². The summed E-state index contributed by atoms with van der Waals surface area (Å²) in [6, 6.07) is -1.30. The van der Waals surface area contributed by atoms with Crippen LogP contribution in [0.2, 0.25) is 0 Å². The van der Waals surface area contributed by atoms with Gasteiger partial charge in [-0.25, -0.2) is 0 Å². The first-order chi connectivity index (χ1) is 9.27. The maximum atomic E-state index is 12.2. The lowest BCUT2D eigenvalue weighted by Gasteiger charge is -2.22. The quantitative estimate of drug-likeness (QED) is 0.581. The van der Waals surface area contributed by atoms with Gasteiger partial charge in [0, 0.05) is 6.92 Å². The van der Waals surface area contributed by atoms with E-state index in [1.165, 1.54) is 6.92 Å². The Balaban J connectivity index is 4.68. The summed E-state index contributed by atoms with van der Waals surface area (Å²) in [6.45, 7) is 7.29. The van der Waals surface area contributed by atoms with E-state index in [1.54, 1.807) is 0 Å². The zero-order chi connectivity index (χ0) is 15.7. The summed E-state index contributed by atoms with van der Waals surface area (Å²) in [6.07, 6.45) is 2.76. The van der Waals surface area contributed by atoms with Gasteiger partial charge >= 0.3 is 0 Å². The Morgan fingerprint density at radius 3 is 2.10 bits per heavy atom. The molecule has 0 fully saturated rings. The standard InChI is InChI=1S/C14H27N3O3/c1-5-6-7-11(13(15)19)17-14(20)12(8-9(2)3)16-10(4)18/h9,11-12H,5-8H2,1-4H3,(H2,15,19)(H,16,18)(H,17,20)/t11-,12+/m1/s1. The molecule has 0 saturated heterocycles. The zero-order valence-electron chi connectivity index (χ0n) is 12.9. The minimum atomic E-state index is -0.675. The van der Waals surface area contributed by atoms with Crippen LogP contribution in [-0.2, 0) is 14.4 Å². The highest BCUT2D eigenvalue weighted by Gasteiger charge is 2.25. The van der Waals surface area contributed by atoms with Crippen LogP contribution in [0.15, 0.2) is 0 Å². The molecule has 4 N–H and O–H groups in total. The predicted molar refractivity (Wildman–Crippen MR) is 77.7 cm³/mol. The predicted octanol–water partition coefficient (Wildman–Crippen LogP) is 0.698. The summed E-state index contributed by atoms with van der Waals surface area (Å²) in [4.78, 5) is 34.6. The summed E-state index contributed by atoms with van der Waals surface area (Å²) in [7, 11) is 0. The van der Waals surface area contributed by atoms with E-state index in [2.05, 4.69) is 10.6 Å². The molecular weight excluding hydrogens is 258 g/mol. The van der Waals surface area contributed by atoms with Crippen molar-refractivity contribution in [2.75, 3.05) is 0 Å². The van der Waals surface area contributed by atoms with Gasteiger partial charge < -0.3 is 16.4 Å². The maximum Gasteiger partial charge on any atom is 0.243 e. The average Bonchev–Trinajstić information content (AvgIpc) is 2.31. The third-order valence-corrected chi connectivity index (χ3v) is 2.91. The van der Waals surface area contributed by atoms with E-state index >= 15 is 0 Å². The van der Waals surface area contributed by atoms with Crippen molar-refractivity contribution in [3.05, 3.63) is 0 Å². The van der Waals surface area contributed by atoms with Gasteiger partial charge in [0.05, 0.1) is 0 Å². The lowest BCUT2D eigenvalue weighted by molar-refractivity contribution is -0.131. The molecule has 2 atom stereocenters. The number of hydrogen-bond donors (Lipinski definition) is 3. The van der Waals surface area contributed by atoms with Gasteiger partial charge in [0.25, 0.3) is 0 Å². The first kappa shape index (κ1) is 18.4. The summed E-state index contributed by atoms with van der Waals surface area (Å²) in [5.41, 5.74) is 5.29. The smallest absolute Gasteiger partial charge is 0.243 e. The second-order valence-corrected chi connectivity index (χ2v) is 5.49. The monoisotopic (exact) mass is 285 g/mol. The second kappa shape index (κ2) is 9.34. The van der Waals surface area contributed by atoms with Crippen molar-refractivity contribution in [3.8, 4) is 0 Å². The SMILES string of the molecule is CCCC[C@@H](NC(=O)[C@H](CC(C)C)NC(C)=O)C(N)=O. The average molecular weight is 285 g/mol. The Morgan fingerprint density at radius 2 is 1.70 bits per heavy atom. The molecule has 6 nitrogen and oxygen atoms in total. The zero-order valence-corrected chi connectivity index (χ0v) is 12.9. The van der Waals surface area contributed by atoms with Gasteiger partial charge in [-0.1, -0.05) is 33.6 Å². The Bertz CT molecular complexity index is 343. The van der Waals surface area contributed by atoms with Gasteiger partial charge in [-0.15, -0.1) is 0 Å². The third-order valence-electron chi connectivity index (χ3n) is 2.91. The van der Waals surface area contributed by atoms with Gasteiger partial charge in [0.1, 0.15) is 12.1 Å². The fourth-order valence-electron chi connectivity index (χ4n) is 1.91. The molecule has 0 aliphatic carbocycles. The van der Waals surface area contributed by atoms with Crippen LogP contribution < -0.4 is 16.4 Å². The molecule has 0 bridgehead atoms. The maximum absolute atomic E-state index is 12.2. The number of nitrogens with one attached hydrogen (secondary N) is 2. The van der Waals surface area contributed by atoms with Crippen molar-refractivity contribution < 1.29 is 14.4 Å².